The maximum Gasteiger partial charge on any atom is 0.294 e. The maximum absolute atomic E-state index is 10.4. The van der Waals surface area contributed by atoms with Crippen LogP contribution in [0.1, 0.15) is 31.9 Å². The molecule has 12 nitrogen and oxygen atoms in total. The number of hydrogen-bond donors (Lipinski definition) is 3. The quantitative estimate of drug-likeness (QED) is 0.460. The standard InChI is InChI=1S/C15H20N6O6/c22-11-9(5-26-21(24)25)27-15(12(11)23)20-7-18-10-13(16-6-17-14(10)20)19-8-3-1-2-4-8/h6-9,11-12,15,22-23H,1-5H2,(H,16,17,19)/t9-,11-,12+,15-/m1/s1. The second-order valence-corrected chi connectivity index (χ2v) is 6.74. The minimum Gasteiger partial charge on any atom is -0.387 e. The smallest absolute Gasteiger partial charge is 0.294 e. The lowest BCUT2D eigenvalue weighted by Gasteiger charge is -2.17. The van der Waals surface area contributed by atoms with E-state index in [4.69, 9.17) is 4.74 Å². The zero-order valence-electron chi connectivity index (χ0n) is 14.3. The van der Waals surface area contributed by atoms with Crippen molar-refractivity contribution in [1.29, 1.82) is 0 Å². The molecule has 2 aromatic heterocycles. The van der Waals surface area contributed by atoms with Crippen molar-refractivity contribution in [2.75, 3.05) is 11.9 Å². The van der Waals surface area contributed by atoms with Crippen molar-refractivity contribution in [3.8, 4) is 0 Å². The van der Waals surface area contributed by atoms with E-state index in [9.17, 15) is 20.3 Å². The highest BCUT2D eigenvalue weighted by Gasteiger charge is 2.44. The van der Waals surface area contributed by atoms with Crippen LogP contribution in [0, 0.1) is 10.1 Å². The molecule has 1 aliphatic carbocycles. The molecule has 4 atom stereocenters. The van der Waals surface area contributed by atoms with E-state index in [2.05, 4.69) is 25.1 Å². The molecule has 1 aliphatic heterocycles. The van der Waals surface area contributed by atoms with Crippen molar-refractivity contribution >= 4 is 17.0 Å². The zero-order valence-corrected chi connectivity index (χ0v) is 14.3. The fraction of sp³-hybridized carbons (Fsp3) is 0.667. The highest BCUT2D eigenvalue weighted by atomic mass is 17.0. The predicted octanol–water partition coefficient (Wildman–Crippen LogP) is 0.00830. The Morgan fingerprint density at radius 1 is 1.30 bits per heavy atom. The van der Waals surface area contributed by atoms with Crippen molar-refractivity contribution in [2.24, 2.45) is 0 Å². The Morgan fingerprint density at radius 2 is 2.07 bits per heavy atom. The molecule has 12 heteroatoms. The van der Waals surface area contributed by atoms with Crippen molar-refractivity contribution in [2.45, 2.75) is 56.3 Å². The third-order valence-corrected chi connectivity index (χ3v) is 5.01. The van der Waals surface area contributed by atoms with Crippen LogP contribution in [0.5, 0.6) is 0 Å². The molecule has 146 valence electrons. The predicted molar refractivity (Wildman–Crippen MR) is 90.1 cm³/mol. The van der Waals surface area contributed by atoms with Crippen molar-refractivity contribution in [1.82, 2.24) is 19.5 Å². The lowest BCUT2D eigenvalue weighted by molar-refractivity contribution is -0.759. The van der Waals surface area contributed by atoms with Crippen LogP contribution in [0.25, 0.3) is 11.2 Å². The Hall–Kier alpha value is -2.57. The van der Waals surface area contributed by atoms with Gasteiger partial charge in [0.05, 0.1) is 6.33 Å². The monoisotopic (exact) mass is 380 g/mol. The van der Waals surface area contributed by atoms with E-state index in [0.29, 0.717) is 23.0 Å². The van der Waals surface area contributed by atoms with E-state index >= 15 is 0 Å². The lowest BCUT2D eigenvalue weighted by Crippen LogP contribution is -2.34. The number of imidazole rings is 1. The third kappa shape index (κ3) is 3.38. The molecule has 0 radical (unpaired) electrons. The van der Waals surface area contributed by atoms with Crippen LogP contribution in [0.2, 0.25) is 0 Å². The first-order chi connectivity index (χ1) is 13.0. The molecule has 0 aromatic carbocycles. The largest absolute Gasteiger partial charge is 0.387 e. The lowest BCUT2D eigenvalue weighted by atomic mass is 10.1. The molecule has 3 heterocycles. The molecule has 0 spiro atoms. The fourth-order valence-electron chi connectivity index (χ4n) is 3.64. The summed E-state index contributed by atoms with van der Waals surface area (Å²) in [7, 11) is 0. The molecule has 0 amide bonds. The molecular formula is C15H20N6O6. The normalized spacial score (nSPS) is 28.7. The summed E-state index contributed by atoms with van der Waals surface area (Å²) in [6, 6.07) is 0.340. The second-order valence-electron chi connectivity index (χ2n) is 6.74. The van der Waals surface area contributed by atoms with Gasteiger partial charge in [-0.25, -0.2) is 15.0 Å². The Morgan fingerprint density at radius 3 is 2.81 bits per heavy atom. The number of hydrogen-bond acceptors (Lipinski definition) is 10. The van der Waals surface area contributed by atoms with Gasteiger partial charge in [-0.2, -0.15) is 0 Å². The minimum atomic E-state index is -1.34. The van der Waals surface area contributed by atoms with Gasteiger partial charge in [-0.3, -0.25) is 4.57 Å². The summed E-state index contributed by atoms with van der Waals surface area (Å²) in [4.78, 5) is 27.4. The summed E-state index contributed by atoms with van der Waals surface area (Å²) in [6.45, 7) is -0.488. The summed E-state index contributed by atoms with van der Waals surface area (Å²) in [5, 5.41) is 33.2. The number of anilines is 1. The number of aliphatic hydroxyl groups excluding tert-OH is 2. The van der Waals surface area contributed by atoms with Gasteiger partial charge in [0.2, 0.25) is 0 Å². The van der Waals surface area contributed by atoms with Gasteiger partial charge >= 0.3 is 0 Å². The van der Waals surface area contributed by atoms with Gasteiger partial charge in [0, 0.05) is 6.04 Å². The van der Waals surface area contributed by atoms with E-state index in [0.717, 1.165) is 12.8 Å². The number of nitrogens with one attached hydrogen (secondary N) is 1. The van der Waals surface area contributed by atoms with Crippen LogP contribution >= 0.6 is 0 Å². The summed E-state index contributed by atoms with van der Waals surface area (Å²) in [6.07, 6.45) is 2.61. The zero-order chi connectivity index (χ0) is 19.0. The molecule has 2 aromatic rings. The molecule has 3 N–H and O–H groups in total. The number of aliphatic hydroxyl groups is 2. The summed E-state index contributed by atoms with van der Waals surface area (Å²) in [5.41, 5.74) is 0.956. The van der Waals surface area contributed by atoms with Gasteiger partial charge in [0.25, 0.3) is 5.09 Å². The number of nitrogens with zero attached hydrogens (tertiary/aromatic N) is 5. The van der Waals surface area contributed by atoms with E-state index < -0.39 is 36.2 Å². The minimum absolute atomic E-state index is 0.340. The van der Waals surface area contributed by atoms with Crippen LogP contribution in [-0.4, -0.2) is 65.8 Å². The average molecular weight is 380 g/mol. The summed E-state index contributed by atoms with van der Waals surface area (Å²) < 4.78 is 7.06. The van der Waals surface area contributed by atoms with Crippen molar-refractivity contribution in [3.05, 3.63) is 22.8 Å². The number of rotatable bonds is 6. The molecule has 0 unspecified atom stereocenters. The highest BCUT2D eigenvalue weighted by Crippen LogP contribution is 2.33. The van der Waals surface area contributed by atoms with Gasteiger partial charge in [-0.15, -0.1) is 10.1 Å². The average Bonchev–Trinajstić information content (AvgIpc) is 3.36. The van der Waals surface area contributed by atoms with Crippen LogP contribution in [0.15, 0.2) is 12.7 Å². The van der Waals surface area contributed by atoms with Crippen LogP contribution in [-0.2, 0) is 9.57 Å². The van der Waals surface area contributed by atoms with Crippen molar-refractivity contribution < 1.29 is 24.9 Å². The third-order valence-electron chi connectivity index (χ3n) is 5.01. The van der Waals surface area contributed by atoms with E-state index in [1.54, 1.807) is 0 Å². The first-order valence-corrected chi connectivity index (χ1v) is 8.77. The van der Waals surface area contributed by atoms with Gasteiger partial charge in [0.1, 0.15) is 31.2 Å². The van der Waals surface area contributed by atoms with E-state index in [1.165, 1.54) is 30.1 Å². The summed E-state index contributed by atoms with van der Waals surface area (Å²) >= 11 is 0. The van der Waals surface area contributed by atoms with Gasteiger partial charge in [-0.1, -0.05) is 12.8 Å². The SMILES string of the molecule is O=[N+]([O-])OC[C@H]1O[C@@H](n2cnc3c(NC4CCCC4)ncnc32)[C@@H](O)[C@@H]1O. The van der Waals surface area contributed by atoms with E-state index in [1.807, 2.05) is 0 Å². The highest BCUT2D eigenvalue weighted by molar-refractivity contribution is 5.82. The summed E-state index contributed by atoms with van der Waals surface area (Å²) in [5.74, 6) is 0.604. The molecule has 1 saturated heterocycles. The van der Waals surface area contributed by atoms with Crippen molar-refractivity contribution in [3.63, 3.8) is 0 Å². The molecule has 1 saturated carbocycles. The van der Waals surface area contributed by atoms with Gasteiger partial charge < -0.3 is 25.1 Å². The Labute approximate surface area is 153 Å². The Balaban J connectivity index is 1.57. The van der Waals surface area contributed by atoms with Gasteiger partial charge in [-0.05, 0) is 12.8 Å². The Kier molecular flexibility index (Phi) is 4.76. The fourth-order valence-corrected chi connectivity index (χ4v) is 3.64. The number of ether oxygens (including phenoxy) is 1. The van der Waals surface area contributed by atoms with E-state index in [-0.39, 0.29) is 0 Å². The van der Waals surface area contributed by atoms with Crippen LogP contribution in [0.3, 0.4) is 0 Å². The number of fused-ring (bicyclic) bond motifs is 1. The maximum atomic E-state index is 10.4. The molecule has 2 aliphatic rings. The van der Waals surface area contributed by atoms with Crippen LogP contribution in [0.4, 0.5) is 5.82 Å². The topological polar surface area (TPSA) is 158 Å². The second kappa shape index (κ2) is 7.21. The number of aromatic nitrogens is 4. The molecule has 0 bridgehead atoms. The first-order valence-electron chi connectivity index (χ1n) is 8.77. The molecule has 27 heavy (non-hydrogen) atoms. The first kappa shape index (κ1) is 17.8. The van der Waals surface area contributed by atoms with Gasteiger partial charge in [0.15, 0.2) is 23.2 Å². The Bertz CT molecular complexity index is 824. The van der Waals surface area contributed by atoms with Crippen LogP contribution < -0.4 is 5.32 Å². The molecule has 4 rings (SSSR count). The molecular weight excluding hydrogens is 360 g/mol. The molecule has 2 fully saturated rings.